The third kappa shape index (κ3) is 6.57. The van der Waals surface area contributed by atoms with Gasteiger partial charge in [-0.15, -0.1) is 0 Å². The van der Waals surface area contributed by atoms with Crippen LogP contribution in [0.25, 0.3) is 0 Å². The zero-order valence-corrected chi connectivity index (χ0v) is 14.8. The molecule has 2 aromatic carbocycles. The first kappa shape index (κ1) is 18.9. The molecule has 0 unspecified atom stereocenters. The zero-order valence-electron chi connectivity index (χ0n) is 14.8. The minimum absolute atomic E-state index is 0.117. The van der Waals surface area contributed by atoms with E-state index in [1.807, 2.05) is 36.4 Å². The van der Waals surface area contributed by atoms with Crippen LogP contribution >= 0.6 is 0 Å². The summed E-state index contributed by atoms with van der Waals surface area (Å²) < 4.78 is 5.09. The van der Waals surface area contributed by atoms with E-state index in [0.717, 1.165) is 22.6 Å². The summed E-state index contributed by atoms with van der Waals surface area (Å²) in [6.45, 7) is 2.12. The summed E-state index contributed by atoms with van der Waals surface area (Å²) in [4.78, 5) is 22.7. The van der Waals surface area contributed by atoms with Gasteiger partial charge in [-0.1, -0.05) is 24.0 Å². The van der Waals surface area contributed by atoms with E-state index >= 15 is 0 Å². The molecule has 2 rings (SSSR count). The Morgan fingerprint density at radius 1 is 1.00 bits per heavy atom. The number of ether oxygens (including phenoxy) is 1. The van der Waals surface area contributed by atoms with Crippen LogP contribution in [0.15, 0.2) is 48.5 Å². The van der Waals surface area contributed by atoms with E-state index < -0.39 is 0 Å². The molecule has 0 aliphatic carbocycles. The van der Waals surface area contributed by atoms with Crippen LogP contribution in [0, 0.1) is 11.8 Å². The van der Waals surface area contributed by atoms with E-state index in [1.54, 1.807) is 19.2 Å². The van der Waals surface area contributed by atoms with Crippen molar-refractivity contribution >= 4 is 17.6 Å². The van der Waals surface area contributed by atoms with Crippen molar-refractivity contribution in [2.24, 2.45) is 0 Å². The van der Waals surface area contributed by atoms with Gasteiger partial charge in [0, 0.05) is 24.7 Å². The van der Waals surface area contributed by atoms with E-state index in [-0.39, 0.29) is 18.5 Å². The monoisotopic (exact) mass is 351 g/mol. The predicted octanol–water partition coefficient (Wildman–Crippen LogP) is 2.50. The van der Waals surface area contributed by atoms with Crippen LogP contribution in [0.3, 0.4) is 0 Å². The normalized spacial score (nSPS) is 9.46. The van der Waals surface area contributed by atoms with Crippen molar-refractivity contribution in [2.45, 2.75) is 13.5 Å². The van der Waals surface area contributed by atoms with E-state index in [1.165, 1.54) is 6.92 Å². The number of urea groups is 1. The molecule has 0 spiro atoms. The van der Waals surface area contributed by atoms with Gasteiger partial charge < -0.3 is 20.7 Å². The summed E-state index contributed by atoms with van der Waals surface area (Å²) in [5, 5.41) is 8.13. The van der Waals surface area contributed by atoms with Crippen LogP contribution in [0.1, 0.15) is 18.1 Å². The Labute approximate surface area is 152 Å². The first-order valence-corrected chi connectivity index (χ1v) is 8.08. The van der Waals surface area contributed by atoms with Crippen LogP contribution < -0.4 is 20.7 Å². The van der Waals surface area contributed by atoms with Crippen LogP contribution in [-0.4, -0.2) is 25.6 Å². The Morgan fingerprint density at radius 3 is 2.31 bits per heavy atom. The lowest BCUT2D eigenvalue weighted by Crippen LogP contribution is -2.35. The van der Waals surface area contributed by atoms with Crippen molar-refractivity contribution in [1.29, 1.82) is 0 Å². The molecule has 0 fully saturated rings. The van der Waals surface area contributed by atoms with Crippen LogP contribution in [-0.2, 0) is 11.3 Å². The third-order valence-electron chi connectivity index (χ3n) is 3.39. The van der Waals surface area contributed by atoms with E-state index in [2.05, 4.69) is 27.8 Å². The van der Waals surface area contributed by atoms with Gasteiger partial charge >= 0.3 is 6.03 Å². The molecule has 0 aromatic heterocycles. The molecule has 0 aliphatic heterocycles. The number of hydrogen-bond donors (Lipinski definition) is 3. The number of nitrogens with one attached hydrogen (secondary N) is 3. The summed E-state index contributed by atoms with van der Waals surface area (Å²) in [7, 11) is 1.61. The molecule has 0 radical (unpaired) electrons. The number of amides is 3. The van der Waals surface area contributed by atoms with Crippen molar-refractivity contribution in [2.75, 3.05) is 19.0 Å². The molecule has 6 nitrogen and oxygen atoms in total. The lowest BCUT2D eigenvalue weighted by Gasteiger charge is -2.06. The molecule has 0 saturated carbocycles. The van der Waals surface area contributed by atoms with Gasteiger partial charge in [-0.2, -0.15) is 0 Å². The first-order chi connectivity index (χ1) is 12.6. The van der Waals surface area contributed by atoms with Crippen molar-refractivity contribution in [3.8, 4) is 17.6 Å². The fraction of sp³-hybridized carbons (Fsp3) is 0.200. The van der Waals surface area contributed by atoms with Gasteiger partial charge in [0.05, 0.1) is 13.7 Å². The van der Waals surface area contributed by atoms with Gasteiger partial charge in [0.1, 0.15) is 5.75 Å². The maximum Gasteiger partial charge on any atom is 0.315 e. The first-order valence-electron chi connectivity index (χ1n) is 8.08. The highest BCUT2D eigenvalue weighted by Crippen LogP contribution is 2.11. The number of benzene rings is 2. The SMILES string of the molecule is COc1ccc(CNC(=O)NCC#Cc2ccc(NC(C)=O)cc2)cc1. The smallest absolute Gasteiger partial charge is 0.315 e. The minimum atomic E-state index is -0.281. The highest BCUT2D eigenvalue weighted by Gasteiger charge is 1.99. The molecule has 2 aromatic rings. The van der Waals surface area contributed by atoms with Crippen molar-refractivity contribution in [3.63, 3.8) is 0 Å². The van der Waals surface area contributed by atoms with Crippen molar-refractivity contribution in [3.05, 3.63) is 59.7 Å². The molecule has 3 N–H and O–H groups in total. The van der Waals surface area contributed by atoms with Crippen LogP contribution in [0.5, 0.6) is 5.75 Å². The average molecular weight is 351 g/mol. The second-order valence-corrected chi connectivity index (χ2v) is 5.44. The highest BCUT2D eigenvalue weighted by molar-refractivity contribution is 5.88. The maximum atomic E-state index is 11.7. The van der Waals surface area contributed by atoms with E-state index in [9.17, 15) is 9.59 Å². The minimum Gasteiger partial charge on any atom is -0.497 e. The number of rotatable bonds is 5. The Hall–Kier alpha value is -3.46. The fourth-order valence-electron chi connectivity index (χ4n) is 2.10. The van der Waals surface area contributed by atoms with Crippen LogP contribution in [0.4, 0.5) is 10.5 Å². The lowest BCUT2D eigenvalue weighted by atomic mass is 10.2. The topological polar surface area (TPSA) is 79.5 Å². The number of carbonyl (C=O) groups is 2. The molecular weight excluding hydrogens is 330 g/mol. The van der Waals surface area contributed by atoms with Crippen LogP contribution in [0.2, 0.25) is 0 Å². The third-order valence-corrected chi connectivity index (χ3v) is 3.39. The molecule has 0 saturated heterocycles. The molecule has 0 atom stereocenters. The second-order valence-electron chi connectivity index (χ2n) is 5.44. The van der Waals surface area contributed by atoms with Gasteiger partial charge in [-0.25, -0.2) is 4.79 Å². The summed E-state index contributed by atoms with van der Waals surface area (Å²) in [5.74, 6) is 6.49. The Kier molecular flexibility index (Phi) is 7.07. The summed E-state index contributed by atoms with van der Waals surface area (Å²) in [5.41, 5.74) is 2.50. The molecule has 3 amide bonds. The van der Waals surface area contributed by atoms with Crippen molar-refractivity contribution < 1.29 is 14.3 Å². The van der Waals surface area contributed by atoms with Gasteiger partial charge in [-0.3, -0.25) is 4.79 Å². The van der Waals surface area contributed by atoms with Gasteiger partial charge in [0.25, 0.3) is 0 Å². The molecule has 0 bridgehead atoms. The molecular formula is C20H21N3O3. The maximum absolute atomic E-state index is 11.7. The average Bonchev–Trinajstić information content (AvgIpc) is 2.65. The number of anilines is 1. The molecule has 0 heterocycles. The van der Waals surface area contributed by atoms with Crippen molar-refractivity contribution in [1.82, 2.24) is 10.6 Å². The second kappa shape index (κ2) is 9.74. The standard InChI is InChI=1S/C20H21N3O3/c1-15(24)23-18-9-5-16(6-10-18)4-3-13-21-20(25)22-14-17-7-11-19(26-2)12-8-17/h5-12H,13-14H2,1-2H3,(H,23,24)(H2,21,22,25). The highest BCUT2D eigenvalue weighted by atomic mass is 16.5. The Balaban J connectivity index is 1.72. The summed E-state index contributed by atoms with van der Waals surface area (Å²) in [6.07, 6.45) is 0. The lowest BCUT2D eigenvalue weighted by molar-refractivity contribution is -0.114. The van der Waals surface area contributed by atoms with E-state index in [4.69, 9.17) is 4.74 Å². The van der Waals surface area contributed by atoms with Gasteiger partial charge in [0.15, 0.2) is 0 Å². The Bertz CT molecular complexity index is 803. The zero-order chi connectivity index (χ0) is 18.8. The molecule has 6 heteroatoms. The van der Waals surface area contributed by atoms with Gasteiger partial charge in [0.2, 0.25) is 5.91 Å². The fourth-order valence-corrected chi connectivity index (χ4v) is 2.10. The number of hydrogen-bond acceptors (Lipinski definition) is 3. The summed E-state index contributed by atoms with van der Waals surface area (Å²) in [6, 6.07) is 14.4. The van der Waals surface area contributed by atoms with E-state index in [0.29, 0.717) is 6.54 Å². The molecule has 0 aliphatic rings. The number of carbonyl (C=O) groups excluding carboxylic acids is 2. The largest absolute Gasteiger partial charge is 0.497 e. The Morgan fingerprint density at radius 2 is 1.69 bits per heavy atom. The molecule has 134 valence electrons. The summed E-state index contributed by atoms with van der Waals surface area (Å²) >= 11 is 0. The quantitative estimate of drug-likeness (QED) is 0.724. The molecule has 26 heavy (non-hydrogen) atoms. The number of methoxy groups -OCH3 is 1. The predicted molar refractivity (Wildman–Crippen MR) is 101 cm³/mol. The van der Waals surface area contributed by atoms with Gasteiger partial charge in [-0.05, 0) is 42.0 Å².